The number of ether oxygens (including phenoxy) is 3. The lowest BCUT2D eigenvalue weighted by molar-refractivity contribution is 0.0597. The number of rotatable bonds is 8. The molecule has 0 bridgehead atoms. The minimum Gasteiger partial charge on any atom is -0.493 e. The van der Waals surface area contributed by atoms with Crippen molar-refractivity contribution in [3.63, 3.8) is 0 Å². The van der Waals surface area contributed by atoms with Crippen LogP contribution in [0.1, 0.15) is 45.5 Å². The predicted octanol–water partition coefficient (Wildman–Crippen LogP) is 5.69. The smallest absolute Gasteiger partial charge is 0.338 e. The monoisotopic (exact) mass is 493 g/mol. The molecule has 0 atom stereocenters. The van der Waals surface area contributed by atoms with Crippen LogP contribution in [0.4, 0.5) is 0 Å². The highest BCUT2D eigenvalue weighted by Gasteiger charge is 2.18. The Morgan fingerprint density at radius 3 is 2.57 bits per heavy atom. The number of pyridine rings is 1. The van der Waals surface area contributed by atoms with Crippen LogP contribution >= 0.6 is 11.6 Å². The predicted molar refractivity (Wildman–Crippen MR) is 136 cm³/mol. The number of aromatic nitrogens is 3. The van der Waals surface area contributed by atoms with Crippen molar-refractivity contribution in [1.82, 2.24) is 14.5 Å². The van der Waals surface area contributed by atoms with E-state index in [2.05, 4.69) is 18.4 Å². The Hall–Kier alpha value is -3.58. The van der Waals surface area contributed by atoms with Gasteiger partial charge in [0.15, 0.2) is 17.1 Å². The highest BCUT2D eigenvalue weighted by atomic mass is 35.5. The van der Waals surface area contributed by atoms with Gasteiger partial charge in [0.1, 0.15) is 17.9 Å². The van der Waals surface area contributed by atoms with Gasteiger partial charge in [-0.1, -0.05) is 36.7 Å². The van der Waals surface area contributed by atoms with E-state index in [0.29, 0.717) is 34.2 Å². The molecular weight excluding hydrogens is 466 g/mol. The minimum absolute atomic E-state index is 0.134. The maximum absolute atomic E-state index is 12.1. The summed E-state index contributed by atoms with van der Waals surface area (Å²) in [5.41, 5.74) is 5.89. The fraction of sp³-hybridized carbons (Fsp3) is 0.296. The summed E-state index contributed by atoms with van der Waals surface area (Å²) in [5, 5.41) is 0.415. The third-order valence-electron chi connectivity index (χ3n) is 5.84. The second kappa shape index (κ2) is 10.4. The zero-order valence-electron chi connectivity index (χ0n) is 20.5. The molecule has 182 valence electrons. The van der Waals surface area contributed by atoms with Crippen LogP contribution in [-0.2, 0) is 24.3 Å². The number of benzene rings is 2. The number of carbonyl (C=O) groups is 1. The first-order chi connectivity index (χ1) is 16.9. The van der Waals surface area contributed by atoms with Crippen LogP contribution in [-0.4, -0.2) is 34.7 Å². The summed E-state index contributed by atoms with van der Waals surface area (Å²) in [4.78, 5) is 21.6. The average Bonchev–Trinajstić information content (AvgIpc) is 3.20. The molecule has 2 heterocycles. The van der Waals surface area contributed by atoms with Gasteiger partial charge >= 0.3 is 5.97 Å². The number of aryl methyl sites for hydroxylation is 3. The standard InChI is InChI=1S/C27H28ClN3O4/c1-6-23-30-24-16(2)11-17(3)29-26(24)31(23)14-18-12-21(28)25(22(13-18)33-4)35-15-19-9-7-8-10-20(19)27(32)34-5/h7-13H,6,14-15H2,1-5H3. The number of esters is 1. The highest BCUT2D eigenvalue weighted by molar-refractivity contribution is 6.32. The summed E-state index contributed by atoms with van der Waals surface area (Å²) in [6.07, 6.45) is 0.778. The zero-order chi connectivity index (χ0) is 25.1. The Morgan fingerprint density at radius 2 is 1.86 bits per heavy atom. The lowest BCUT2D eigenvalue weighted by atomic mass is 10.1. The molecule has 2 aromatic carbocycles. The normalized spacial score (nSPS) is 11.0. The maximum atomic E-state index is 12.1. The Morgan fingerprint density at radius 1 is 1.09 bits per heavy atom. The first-order valence-corrected chi connectivity index (χ1v) is 11.7. The van der Waals surface area contributed by atoms with Gasteiger partial charge in [-0.3, -0.25) is 0 Å². The number of nitrogens with zero attached hydrogens (tertiary/aromatic N) is 3. The van der Waals surface area contributed by atoms with Gasteiger partial charge in [0.25, 0.3) is 0 Å². The van der Waals surface area contributed by atoms with Gasteiger partial charge in [-0.2, -0.15) is 0 Å². The number of methoxy groups -OCH3 is 2. The highest BCUT2D eigenvalue weighted by Crippen LogP contribution is 2.37. The quantitative estimate of drug-likeness (QED) is 0.294. The molecule has 0 spiro atoms. The lowest BCUT2D eigenvalue weighted by Crippen LogP contribution is -2.09. The second-order valence-electron chi connectivity index (χ2n) is 8.27. The third-order valence-corrected chi connectivity index (χ3v) is 6.12. The molecule has 0 aliphatic heterocycles. The van der Waals surface area contributed by atoms with Crippen molar-refractivity contribution in [3.05, 3.63) is 81.3 Å². The van der Waals surface area contributed by atoms with Crippen LogP contribution in [0, 0.1) is 13.8 Å². The van der Waals surface area contributed by atoms with Crippen LogP contribution in [0.15, 0.2) is 42.5 Å². The summed E-state index contributed by atoms with van der Waals surface area (Å²) < 4.78 is 18.6. The molecule has 0 aliphatic carbocycles. The fourth-order valence-corrected chi connectivity index (χ4v) is 4.46. The van der Waals surface area contributed by atoms with E-state index < -0.39 is 5.97 Å². The summed E-state index contributed by atoms with van der Waals surface area (Å²) in [5.74, 6) is 1.45. The maximum Gasteiger partial charge on any atom is 0.338 e. The Labute approximate surface area is 209 Å². The number of carbonyl (C=O) groups excluding carboxylic acids is 1. The molecule has 4 rings (SSSR count). The molecule has 0 radical (unpaired) electrons. The molecule has 7 nitrogen and oxygen atoms in total. The van der Waals surface area contributed by atoms with E-state index in [0.717, 1.165) is 40.2 Å². The van der Waals surface area contributed by atoms with Gasteiger partial charge in [0.05, 0.1) is 31.4 Å². The molecule has 0 N–H and O–H groups in total. The number of halogens is 1. The topological polar surface area (TPSA) is 75.5 Å². The number of hydrogen-bond donors (Lipinski definition) is 0. The Kier molecular flexibility index (Phi) is 7.26. The average molecular weight is 494 g/mol. The van der Waals surface area contributed by atoms with Crippen LogP contribution in [0.2, 0.25) is 5.02 Å². The van der Waals surface area contributed by atoms with Gasteiger partial charge < -0.3 is 18.8 Å². The summed E-state index contributed by atoms with van der Waals surface area (Å²) in [6, 6.07) is 12.9. The van der Waals surface area contributed by atoms with E-state index in [4.69, 9.17) is 35.8 Å². The number of imidazole rings is 1. The van der Waals surface area contributed by atoms with Gasteiger partial charge in [-0.05, 0) is 49.2 Å². The van der Waals surface area contributed by atoms with Crippen molar-refractivity contribution in [1.29, 1.82) is 0 Å². The SMILES string of the molecule is CCc1nc2c(C)cc(C)nc2n1Cc1cc(Cl)c(OCc2ccccc2C(=O)OC)c(OC)c1. The lowest BCUT2D eigenvalue weighted by Gasteiger charge is -2.16. The molecule has 35 heavy (non-hydrogen) atoms. The molecule has 0 aliphatic rings. The van der Waals surface area contributed by atoms with Crippen molar-refractivity contribution in [2.75, 3.05) is 14.2 Å². The van der Waals surface area contributed by atoms with Gasteiger partial charge in [0.2, 0.25) is 0 Å². The molecular formula is C27H28ClN3O4. The van der Waals surface area contributed by atoms with E-state index >= 15 is 0 Å². The van der Waals surface area contributed by atoms with Crippen LogP contribution in [0.5, 0.6) is 11.5 Å². The first-order valence-electron chi connectivity index (χ1n) is 11.3. The molecule has 2 aromatic heterocycles. The van der Waals surface area contributed by atoms with E-state index in [1.165, 1.54) is 7.11 Å². The minimum atomic E-state index is -0.420. The third kappa shape index (κ3) is 4.95. The second-order valence-corrected chi connectivity index (χ2v) is 8.67. The Bertz CT molecular complexity index is 1400. The molecule has 0 unspecified atom stereocenters. The fourth-order valence-electron chi connectivity index (χ4n) is 4.18. The van der Waals surface area contributed by atoms with E-state index in [1.807, 2.05) is 37.3 Å². The van der Waals surface area contributed by atoms with Crippen LogP contribution in [0.25, 0.3) is 11.2 Å². The summed E-state index contributed by atoms with van der Waals surface area (Å²) in [6.45, 7) is 6.79. The van der Waals surface area contributed by atoms with Crippen molar-refractivity contribution >= 4 is 28.7 Å². The van der Waals surface area contributed by atoms with E-state index in [1.54, 1.807) is 19.2 Å². The van der Waals surface area contributed by atoms with Gasteiger partial charge in [0, 0.05) is 17.7 Å². The molecule has 0 saturated carbocycles. The Balaban J connectivity index is 1.65. The van der Waals surface area contributed by atoms with Crippen molar-refractivity contribution in [3.8, 4) is 11.5 Å². The largest absolute Gasteiger partial charge is 0.493 e. The summed E-state index contributed by atoms with van der Waals surface area (Å²) >= 11 is 6.65. The number of fused-ring (bicyclic) bond motifs is 1. The van der Waals surface area contributed by atoms with Gasteiger partial charge in [-0.15, -0.1) is 0 Å². The van der Waals surface area contributed by atoms with Crippen molar-refractivity contribution < 1.29 is 19.0 Å². The summed E-state index contributed by atoms with van der Waals surface area (Å²) in [7, 11) is 2.92. The van der Waals surface area contributed by atoms with Gasteiger partial charge in [-0.25, -0.2) is 14.8 Å². The molecule has 0 amide bonds. The first kappa shape index (κ1) is 24.5. The van der Waals surface area contributed by atoms with Crippen molar-refractivity contribution in [2.24, 2.45) is 0 Å². The molecule has 0 saturated heterocycles. The molecule has 8 heteroatoms. The zero-order valence-corrected chi connectivity index (χ0v) is 21.3. The number of hydrogen-bond acceptors (Lipinski definition) is 6. The molecule has 4 aromatic rings. The van der Waals surface area contributed by atoms with Crippen LogP contribution < -0.4 is 9.47 Å². The van der Waals surface area contributed by atoms with E-state index in [-0.39, 0.29) is 6.61 Å². The molecule has 0 fully saturated rings. The van der Waals surface area contributed by atoms with E-state index in [9.17, 15) is 4.79 Å². The van der Waals surface area contributed by atoms with Crippen molar-refractivity contribution in [2.45, 2.75) is 40.3 Å². The van der Waals surface area contributed by atoms with Crippen LogP contribution in [0.3, 0.4) is 0 Å².